The molecular weight excluding hydrogens is 138 g/mol. The number of ether oxygens (including phenoxy) is 1. The first-order chi connectivity index (χ1) is 5.47. The normalized spacial score (nSPS) is 17.8. The van der Waals surface area contributed by atoms with Crippen LogP contribution in [0.4, 0.5) is 0 Å². The molecule has 0 amide bonds. The standard InChI is InChI=1S/C9H9NO/c1-2-7-11-8-9-4-3-6-10(9)5-1/h1-7H,8H2/b5-1?,7-2+. The lowest BCUT2D eigenvalue weighted by Crippen LogP contribution is -1.95. The van der Waals surface area contributed by atoms with Gasteiger partial charge in [0.05, 0.1) is 12.0 Å². The van der Waals surface area contributed by atoms with Crippen molar-refractivity contribution in [3.05, 3.63) is 42.4 Å². The van der Waals surface area contributed by atoms with Crippen molar-refractivity contribution in [2.45, 2.75) is 6.61 Å². The van der Waals surface area contributed by atoms with Crippen LogP contribution in [0.5, 0.6) is 0 Å². The van der Waals surface area contributed by atoms with Gasteiger partial charge in [0.2, 0.25) is 0 Å². The van der Waals surface area contributed by atoms with E-state index in [0.717, 1.165) is 0 Å². The number of aromatic nitrogens is 1. The molecule has 1 aromatic heterocycles. The number of hydrogen-bond donors (Lipinski definition) is 0. The highest BCUT2D eigenvalue weighted by molar-refractivity contribution is 5.32. The van der Waals surface area contributed by atoms with Crippen molar-refractivity contribution in [2.24, 2.45) is 0 Å². The largest absolute Gasteiger partial charge is 0.495 e. The third kappa shape index (κ3) is 1.19. The third-order valence-electron chi connectivity index (χ3n) is 1.63. The molecule has 0 bridgehead atoms. The van der Waals surface area contributed by atoms with E-state index in [1.807, 2.05) is 41.2 Å². The fraction of sp³-hybridized carbons (Fsp3) is 0.111. The maximum absolute atomic E-state index is 5.21. The summed E-state index contributed by atoms with van der Waals surface area (Å²) in [6, 6.07) is 4.05. The van der Waals surface area contributed by atoms with Gasteiger partial charge in [-0.15, -0.1) is 0 Å². The Kier molecular flexibility index (Phi) is 1.52. The van der Waals surface area contributed by atoms with Crippen LogP contribution in [0.15, 0.2) is 36.7 Å². The third-order valence-corrected chi connectivity index (χ3v) is 1.63. The first-order valence-corrected chi connectivity index (χ1v) is 3.57. The predicted molar refractivity (Wildman–Crippen MR) is 43.7 cm³/mol. The molecule has 1 aromatic rings. The highest BCUT2D eigenvalue weighted by atomic mass is 16.5. The lowest BCUT2D eigenvalue weighted by atomic mass is 10.4. The second-order valence-corrected chi connectivity index (χ2v) is 2.39. The summed E-state index contributed by atoms with van der Waals surface area (Å²) >= 11 is 0. The van der Waals surface area contributed by atoms with E-state index in [-0.39, 0.29) is 0 Å². The van der Waals surface area contributed by atoms with Gasteiger partial charge in [0.15, 0.2) is 0 Å². The highest BCUT2D eigenvalue weighted by Gasteiger charge is 1.97. The van der Waals surface area contributed by atoms with Gasteiger partial charge in [-0.25, -0.2) is 0 Å². The van der Waals surface area contributed by atoms with Crippen molar-refractivity contribution < 1.29 is 4.74 Å². The van der Waals surface area contributed by atoms with Crippen molar-refractivity contribution in [1.29, 1.82) is 0 Å². The molecule has 0 saturated heterocycles. The van der Waals surface area contributed by atoms with E-state index in [9.17, 15) is 0 Å². The van der Waals surface area contributed by atoms with Gasteiger partial charge >= 0.3 is 0 Å². The van der Waals surface area contributed by atoms with Gasteiger partial charge in [-0.3, -0.25) is 0 Å². The van der Waals surface area contributed by atoms with Crippen molar-refractivity contribution in [3.63, 3.8) is 0 Å². The Morgan fingerprint density at radius 1 is 1.36 bits per heavy atom. The first kappa shape index (κ1) is 6.28. The van der Waals surface area contributed by atoms with Gasteiger partial charge in [-0.2, -0.15) is 0 Å². The van der Waals surface area contributed by atoms with Crippen molar-refractivity contribution in [3.8, 4) is 0 Å². The zero-order valence-corrected chi connectivity index (χ0v) is 6.10. The molecule has 0 atom stereocenters. The quantitative estimate of drug-likeness (QED) is 0.547. The Bertz CT molecular complexity index is 296. The Labute approximate surface area is 65.4 Å². The summed E-state index contributed by atoms with van der Waals surface area (Å²) in [6.07, 6.45) is 9.54. The van der Waals surface area contributed by atoms with Crippen LogP contribution in [0, 0.1) is 0 Å². The Hall–Kier alpha value is -1.44. The van der Waals surface area contributed by atoms with Gasteiger partial charge in [-0.1, -0.05) is 0 Å². The zero-order chi connectivity index (χ0) is 7.52. The SMILES string of the molecule is C1=Cn2cccc2CO/C=C/1. The predicted octanol–water partition coefficient (Wildman–Crippen LogP) is 2.00. The fourth-order valence-electron chi connectivity index (χ4n) is 1.07. The van der Waals surface area contributed by atoms with Crippen molar-refractivity contribution in [2.75, 3.05) is 0 Å². The topological polar surface area (TPSA) is 14.2 Å². The molecule has 0 spiro atoms. The monoisotopic (exact) mass is 147 g/mol. The summed E-state index contributed by atoms with van der Waals surface area (Å²) < 4.78 is 7.25. The van der Waals surface area contributed by atoms with Gasteiger partial charge in [0.1, 0.15) is 6.61 Å². The maximum Gasteiger partial charge on any atom is 0.128 e. The van der Waals surface area contributed by atoms with E-state index in [1.165, 1.54) is 5.69 Å². The van der Waals surface area contributed by atoms with Crippen molar-refractivity contribution >= 4 is 6.20 Å². The average Bonchev–Trinajstić information content (AvgIpc) is 2.35. The van der Waals surface area contributed by atoms with E-state index >= 15 is 0 Å². The van der Waals surface area contributed by atoms with E-state index in [1.54, 1.807) is 6.26 Å². The molecule has 0 N–H and O–H groups in total. The molecule has 2 rings (SSSR count). The molecule has 56 valence electrons. The number of allylic oxidation sites excluding steroid dienone is 2. The summed E-state index contributed by atoms with van der Waals surface area (Å²) in [4.78, 5) is 0. The Morgan fingerprint density at radius 3 is 3.36 bits per heavy atom. The van der Waals surface area contributed by atoms with Crippen LogP contribution in [-0.4, -0.2) is 4.57 Å². The van der Waals surface area contributed by atoms with E-state index in [0.29, 0.717) is 6.61 Å². The van der Waals surface area contributed by atoms with Gasteiger partial charge in [0.25, 0.3) is 0 Å². The molecule has 0 aliphatic carbocycles. The lowest BCUT2D eigenvalue weighted by molar-refractivity contribution is 0.230. The summed E-state index contributed by atoms with van der Waals surface area (Å²) in [5, 5.41) is 0. The molecule has 1 aliphatic rings. The summed E-state index contributed by atoms with van der Waals surface area (Å²) in [5.74, 6) is 0. The molecule has 0 radical (unpaired) electrons. The van der Waals surface area contributed by atoms with Crippen LogP contribution < -0.4 is 0 Å². The highest BCUT2D eigenvalue weighted by Crippen LogP contribution is 2.06. The number of nitrogens with zero attached hydrogens (tertiary/aromatic N) is 1. The molecular formula is C9H9NO. The van der Waals surface area contributed by atoms with E-state index < -0.39 is 0 Å². The number of rotatable bonds is 0. The number of hydrogen-bond acceptors (Lipinski definition) is 1. The van der Waals surface area contributed by atoms with Crippen LogP contribution in [0.3, 0.4) is 0 Å². The molecule has 2 heteroatoms. The minimum atomic E-state index is 0.647. The van der Waals surface area contributed by atoms with Gasteiger partial charge in [0, 0.05) is 12.4 Å². The number of fused-ring (bicyclic) bond motifs is 1. The Morgan fingerprint density at radius 2 is 2.36 bits per heavy atom. The van der Waals surface area contributed by atoms with E-state index in [4.69, 9.17) is 4.74 Å². The van der Waals surface area contributed by atoms with Crippen LogP contribution in [0.25, 0.3) is 6.20 Å². The second-order valence-electron chi connectivity index (χ2n) is 2.39. The fourth-order valence-corrected chi connectivity index (χ4v) is 1.07. The molecule has 0 unspecified atom stereocenters. The van der Waals surface area contributed by atoms with E-state index in [2.05, 4.69) is 0 Å². The van der Waals surface area contributed by atoms with Crippen LogP contribution in [0.2, 0.25) is 0 Å². The average molecular weight is 147 g/mol. The minimum absolute atomic E-state index is 0.647. The molecule has 2 heterocycles. The molecule has 11 heavy (non-hydrogen) atoms. The first-order valence-electron chi connectivity index (χ1n) is 3.57. The van der Waals surface area contributed by atoms with Crippen molar-refractivity contribution in [1.82, 2.24) is 4.57 Å². The van der Waals surface area contributed by atoms with Crippen LogP contribution >= 0.6 is 0 Å². The second kappa shape index (κ2) is 2.66. The smallest absolute Gasteiger partial charge is 0.128 e. The minimum Gasteiger partial charge on any atom is -0.495 e. The molecule has 0 aromatic carbocycles. The van der Waals surface area contributed by atoms with Crippen LogP contribution in [-0.2, 0) is 11.3 Å². The summed E-state index contributed by atoms with van der Waals surface area (Å²) in [5.41, 5.74) is 1.17. The molecule has 0 saturated carbocycles. The van der Waals surface area contributed by atoms with Gasteiger partial charge < -0.3 is 9.30 Å². The summed E-state index contributed by atoms with van der Waals surface area (Å²) in [6.45, 7) is 0.647. The molecule has 2 nitrogen and oxygen atoms in total. The maximum atomic E-state index is 5.21. The van der Waals surface area contributed by atoms with Gasteiger partial charge in [-0.05, 0) is 24.3 Å². The molecule has 1 aliphatic heterocycles. The van der Waals surface area contributed by atoms with Crippen LogP contribution in [0.1, 0.15) is 5.69 Å². The Balaban J connectivity index is 2.39. The zero-order valence-electron chi connectivity index (χ0n) is 6.10. The summed E-state index contributed by atoms with van der Waals surface area (Å²) in [7, 11) is 0. The molecule has 0 fully saturated rings. The lowest BCUT2D eigenvalue weighted by Gasteiger charge is -2.05.